The molecule has 2 N–H and O–H groups in total. The molecule has 0 saturated carbocycles. The highest BCUT2D eigenvalue weighted by atomic mass is 19.4. The van der Waals surface area contributed by atoms with E-state index in [2.05, 4.69) is 4.98 Å². The molecule has 8 nitrogen and oxygen atoms in total. The number of aryl methyl sites for hydroxylation is 1. The zero-order valence-electron chi connectivity index (χ0n) is 27.7. The highest BCUT2D eigenvalue weighted by Gasteiger charge is 2.47. The Labute approximate surface area is 295 Å². The van der Waals surface area contributed by atoms with Gasteiger partial charge in [-0.1, -0.05) is 42.5 Å². The Kier molecular flexibility index (Phi) is 9.51. The van der Waals surface area contributed by atoms with Gasteiger partial charge in [-0.25, -0.2) is 13.6 Å². The minimum absolute atomic E-state index is 0.0466. The van der Waals surface area contributed by atoms with Crippen molar-refractivity contribution in [3.8, 4) is 11.1 Å². The molecule has 5 aromatic rings. The van der Waals surface area contributed by atoms with Crippen molar-refractivity contribution in [2.45, 2.75) is 44.2 Å². The standard InChI is InChI=1S/C37H28F8N4O4/c1-18-14-25(36(40,41)42)29(34(51)48(18)2)24-10-9-20(22-8-5-12-46-31(22)24)15-28(35(52)53)47-33(50)30-26(38)16-21(17-27(30)39)49-13-11-19-6-3-4-7-23(19)32(49)37(43,44)45/h3-10,12,14,16-17,28,32H,11,13,15H2,1-2H3,(H,47,50)(H,52,53)/t28-,32+/m0/s1. The lowest BCUT2D eigenvalue weighted by Crippen LogP contribution is -2.44. The molecular weight excluding hydrogens is 716 g/mol. The van der Waals surface area contributed by atoms with Gasteiger partial charge in [0.05, 0.1) is 16.6 Å². The summed E-state index contributed by atoms with van der Waals surface area (Å²) in [6.07, 6.45) is -8.91. The van der Waals surface area contributed by atoms with Crippen molar-refractivity contribution in [2.75, 3.05) is 11.4 Å². The number of halogens is 8. The number of hydrogen-bond acceptors (Lipinski definition) is 5. The van der Waals surface area contributed by atoms with Crippen molar-refractivity contribution in [1.29, 1.82) is 0 Å². The van der Waals surface area contributed by atoms with Crippen LogP contribution in [0.2, 0.25) is 0 Å². The molecule has 0 aliphatic carbocycles. The molecule has 3 heterocycles. The van der Waals surface area contributed by atoms with Crippen molar-refractivity contribution in [2.24, 2.45) is 7.05 Å². The number of amides is 1. The van der Waals surface area contributed by atoms with Crippen molar-refractivity contribution in [3.05, 3.63) is 128 Å². The van der Waals surface area contributed by atoms with Crippen molar-refractivity contribution in [3.63, 3.8) is 0 Å². The van der Waals surface area contributed by atoms with Gasteiger partial charge in [-0.2, -0.15) is 26.3 Å². The van der Waals surface area contributed by atoms with E-state index < -0.39 is 82.3 Å². The molecule has 1 aliphatic heterocycles. The van der Waals surface area contributed by atoms with Crippen LogP contribution in [-0.2, 0) is 30.9 Å². The Balaban J connectivity index is 1.32. The molecule has 0 radical (unpaired) electrons. The van der Waals surface area contributed by atoms with E-state index in [1.807, 2.05) is 5.32 Å². The first-order chi connectivity index (χ1) is 24.9. The number of carbonyl (C=O) groups is 2. The number of pyridine rings is 2. The van der Waals surface area contributed by atoms with Crippen LogP contribution in [0.15, 0.2) is 77.7 Å². The lowest BCUT2D eigenvalue weighted by atomic mass is 9.91. The average Bonchev–Trinajstić information content (AvgIpc) is 3.08. The van der Waals surface area contributed by atoms with Gasteiger partial charge in [-0.15, -0.1) is 0 Å². The first-order valence-corrected chi connectivity index (χ1v) is 16.0. The number of alkyl halides is 6. The molecule has 0 saturated heterocycles. The maximum absolute atomic E-state index is 15.5. The third-order valence-electron chi connectivity index (χ3n) is 9.31. The summed E-state index contributed by atoms with van der Waals surface area (Å²) >= 11 is 0. The van der Waals surface area contributed by atoms with Gasteiger partial charge in [-0.05, 0) is 54.3 Å². The predicted molar refractivity (Wildman–Crippen MR) is 177 cm³/mol. The van der Waals surface area contributed by atoms with E-state index in [0.29, 0.717) is 17.7 Å². The second-order valence-electron chi connectivity index (χ2n) is 12.5. The Bertz CT molecular complexity index is 2310. The third-order valence-corrected chi connectivity index (χ3v) is 9.31. The number of carbonyl (C=O) groups excluding carboxylic acids is 1. The number of fused-ring (bicyclic) bond motifs is 2. The maximum atomic E-state index is 15.5. The van der Waals surface area contributed by atoms with Crippen LogP contribution in [0.5, 0.6) is 0 Å². The molecular formula is C37H28F8N4O4. The number of nitrogens with zero attached hydrogens (tertiary/aromatic N) is 3. The van der Waals surface area contributed by atoms with Gasteiger partial charge < -0.3 is 19.9 Å². The first-order valence-electron chi connectivity index (χ1n) is 16.0. The van der Waals surface area contributed by atoms with Crippen molar-refractivity contribution in [1.82, 2.24) is 14.9 Å². The normalized spacial score (nSPS) is 15.3. The minimum atomic E-state index is -4.92. The van der Waals surface area contributed by atoms with Crippen LogP contribution < -0.4 is 15.8 Å². The highest BCUT2D eigenvalue weighted by molar-refractivity contribution is 5.99. The molecule has 0 fully saturated rings. The lowest BCUT2D eigenvalue weighted by molar-refractivity contribution is -0.151. The van der Waals surface area contributed by atoms with Crippen LogP contribution in [0.1, 0.15) is 44.3 Å². The fourth-order valence-corrected chi connectivity index (χ4v) is 6.71. The summed E-state index contributed by atoms with van der Waals surface area (Å²) in [5, 5.41) is 12.2. The van der Waals surface area contributed by atoms with E-state index in [1.54, 1.807) is 6.07 Å². The van der Waals surface area contributed by atoms with Gasteiger partial charge in [0.1, 0.15) is 23.2 Å². The van der Waals surface area contributed by atoms with Gasteiger partial charge >= 0.3 is 18.3 Å². The van der Waals surface area contributed by atoms with E-state index in [-0.39, 0.29) is 46.3 Å². The number of carboxylic acids is 1. The van der Waals surface area contributed by atoms with E-state index in [1.165, 1.54) is 56.6 Å². The molecule has 16 heteroatoms. The quantitative estimate of drug-likeness (QED) is 0.170. The van der Waals surface area contributed by atoms with Gasteiger partial charge in [0.15, 0.2) is 6.04 Å². The monoisotopic (exact) mass is 744 g/mol. The van der Waals surface area contributed by atoms with Gasteiger partial charge in [0.2, 0.25) is 0 Å². The predicted octanol–water partition coefficient (Wildman–Crippen LogP) is 7.30. The highest BCUT2D eigenvalue weighted by Crippen LogP contribution is 2.44. The van der Waals surface area contributed by atoms with Crippen molar-refractivity contribution >= 4 is 28.5 Å². The summed E-state index contributed by atoms with van der Waals surface area (Å²) in [7, 11) is 1.30. The Morgan fingerprint density at radius 2 is 1.66 bits per heavy atom. The Morgan fingerprint density at radius 1 is 0.981 bits per heavy atom. The number of anilines is 1. The molecule has 1 aliphatic rings. The summed E-state index contributed by atoms with van der Waals surface area (Å²) < 4.78 is 117. The number of aromatic nitrogens is 2. The summed E-state index contributed by atoms with van der Waals surface area (Å²) in [4.78, 5) is 43.7. The number of carboxylic acid groups (broad SMARTS) is 1. The van der Waals surface area contributed by atoms with Crippen LogP contribution in [0, 0.1) is 18.6 Å². The smallest absolute Gasteiger partial charge is 0.417 e. The number of rotatable bonds is 7. The first kappa shape index (κ1) is 37.0. The molecule has 0 unspecified atom stereocenters. The van der Waals surface area contributed by atoms with E-state index in [4.69, 9.17) is 0 Å². The summed E-state index contributed by atoms with van der Waals surface area (Å²) in [6.45, 7) is 1.09. The van der Waals surface area contributed by atoms with Crippen molar-refractivity contribution < 1.29 is 49.8 Å². The molecule has 53 heavy (non-hydrogen) atoms. The maximum Gasteiger partial charge on any atom is 0.417 e. The third kappa shape index (κ3) is 6.92. The summed E-state index contributed by atoms with van der Waals surface area (Å²) in [6, 6.07) is 8.92. The molecule has 2 aromatic heterocycles. The summed E-state index contributed by atoms with van der Waals surface area (Å²) in [5.74, 6) is -6.25. The number of aliphatic carboxylic acids is 1. The Morgan fingerprint density at radius 3 is 2.30 bits per heavy atom. The topological polar surface area (TPSA) is 105 Å². The average molecular weight is 745 g/mol. The zero-order chi connectivity index (χ0) is 38.6. The van der Waals surface area contributed by atoms with Crippen LogP contribution >= 0.6 is 0 Å². The number of hydrogen-bond donors (Lipinski definition) is 2. The van der Waals surface area contributed by atoms with Gasteiger partial charge in [0.25, 0.3) is 11.5 Å². The zero-order valence-corrected chi connectivity index (χ0v) is 27.7. The van der Waals surface area contributed by atoms with Crippen LogP contribution in [0.3, 0.4) is 0 Å². The lowest BCUT2D eigenvalue weighted by Gasteiger charge is -2.40. The molecule has 0 spiro atoms. The second kappa shape index (κ2) is 13.6. The van der Waals surface area contributed by atoms with E-state index in [9.17, 15) is 45.8 Å². The van der Waals surface area contributed by atoms with Gasteiger partial charge in [-0.3, -0.25) is 14.6 Å². The SMILES string of the molecule is Cc1cc(C(F)(F)F)c(-c2ccc(C[C@H](NC(=O)c3c(F)cc(N4CCc5ccccc5[C@@H]4C(F)(F)F)cc3F)C(=O)O)c3cccnc23)c(=O)n1C. The number of benzene rings is 3. The molecule has 276 valence electrons. The summed E-state index contributed by atoms with van der Waals surface area (Å²) in [5.41, 5.74) is -4.33. The minimum Gasteiger partial charge on any atom is -0.480 e. The fraction of sp³-hybridized carbons (Fsp3) is 0.243. The van der Waals surface area contributed by atoms with E-state index in [0.717, 1.165) is 21.6 Å². The Hall–Kier alpha value is -5.80. The molecule has 6 rings (SSSR count). The fourth-order valence-electron chi connectivity index (χ4n) is 6.71. The van der Waals surface area contributed by atoms with Gasteiger partial charge in [0, 0.05) is 48.5 Å². The van der Waals surface area contributed by atoms with Crippen LogP contribution in [-0.4, -0.2) is 45.3 Å². The van der Waals surface area contributed by atoms with Crippen LogP contribution in [0.25, 0.3) is 22.0 Å². The molecule has 1 amide bonds. The molecule has 0 bridgehead atoms. The number of nitrogens with one attached hydrogen (secondary N) is 1. The van der Waals surface area contributed by atoms with E-state index >= 15 is 8.78 Å². The second-order valence-corrected chi connectivity index (χ2v) is 12.5. The largest absolute Gasteiger partial charge is 0.480 e. The van der Waals surface area contributed by atoms with Crippen LogP contribution in [0.4, 0.5) is 40.8 Å². The molecule has 2 atom stereocenters. The molecule has 3 aromatic carbocycles.